The Bertz CT molecular complexity index is 285. The van der Waals surface area contributed by atoms with E-state index < -0.39 is 0 Å². The summed E-state index contributed by atoms with van der Waals surface area (Å²) >= 11 is 3.12. The highest BCUT2D eigenvalue weighted by molar-refractivity contribution is 8.01. The smallest absolute Gasteiger partial charge is 0.253 e. The van der Waals surface area contributed by atoms with Gasteiger partial charge in [0.25, 0.3) is 5.91 Å². The Morgan fingerprint density at radius 3 is 3.00 bits per heavy atom. The number of thiophene rings is 1. The van der Waals surface area contributed by atoms with E-state index in [2.05, 4.69) is 13.0 Å². The third kappa shape index (κ3) is 3.38. The quantitative estimate of drug-likeness (QED) is 0.460. The number of aryl methyl sites for hydroxylation is 1. The van der Waals surface area contributed by atoms with E-state index in [0.29, 0.717) is 0 Å². The maximum absolute atomic E-state index is 10.7. The van der Waals surface area contributed by atoms with Crippen molar-refractivity contribution in [2.45, 2.75) is 17.6 Å². The zero-order valence-corrected chi connectivity index (χ0v) is 8.87. The van der Waals surface area contributed by atoms with Crippen LogP contribution in [0.25, 0.3) is 0 Å². The predicted molar refractivity (Wildman–Crippen MR) is 54.4 cm³/mol. The van der Waals surface area contributed by atoms with Crippen LogP contribution in [-0.2, 0) is 11.2 Å². The second kappa shape index (κ2) is 5.26. The summed E-state index contributed by atoms with van der Waals surface area (Å²) in [5.74, 6) is -0.100. The van der Waals surface area contributed by atoms with Crippen LogP contribution in [0.15, 0.2) is 16.3 Å². The van der Waals surface area contributed by atoms with Gasteiger partial charge >= 0.3 is 0 Å². The van der Waals surface area contributed by atoms with Gasteiger partial charge in [-0.15, -0.1) is 23.1 Å². The van der Waals surface area contributed by atoms with Gasteiger partial charge in [0.1, 0.15) is 0 Å². The summed E-state index contributed by atoms with van der Waals surface area (Å²) in [4.78, 5) is 12.0. The first-order valence-corrected chi connectivity index (χ1v) is 5.71. The van der Waals surface area contributed by atoms with Gasteiger partial charge in [0.05, 0.1) is 9.96 Å². The van der Waals surface area contributed by atoms with Gasteiger partial charge in [-0.1, -0.05) is 6.92 Å². The second-order valence-corrected chi connectivity index (χ2v) is 4.84. The summed E-state index contributed by atoms with van der Waals surface area (Å²) in [5, 5.41) is 8.25. The molecule has 1 aromatic rings. The molecule has 0 atom stereocenters. The first-order chi connectivity index (χ1) is 6.26. The van der Waals surface area contributed by atoms with Crippen molar-refractivity contribution in [2.75, 3.05) is 5.75 Å². The molecule has 0 saturated heterocycles. The van der Waals surface area contributed by atoms with Gasteiger partial charge in [-0.25, -0.2) is 5.48 Å². The van der Waals surface area contributed by atoms with Crippen molar-refractivity contribution in [3.8, 4) is 0 Å². The van der Waals surface area contributed by atoms with Crippen molar-refractivity contribution in [3.05, 3.63) is 17.0 Å². The van der Waals surface area contributed by atoms with E-state index in [1.807, 2.05) is 6.07 Å². The molecule has 0 bridgehead atoms. The number of hydroxylamine groups is 1. The molecule has 0 radical (unpaired) electrons. The lowest BCUT2D eigenvalue weighted by molar-refractivity contribution is -0.126. The van der Waals surface area contributed by atoms with Gasteiger partial charge in [-0.2, -0.15) is 0 Å². The van der Waals surface area contributed by atoms with E-state index >= 15 is 0 Å². The van der Waals surface area contributed by atoms with Crippen molar-refractivity contribution in [1.82, 2.24) is 5.48 Å². The van der Waals surface area contributed by atoms with Gasteiger partial charge in [0.15, 0.2) is 0 Å². The van der Waals surface area contributed by atoms with Gasteiger partial charge < -0.3 is 0 Å². The predicted octanol–water partition coefficient (Wildman–Crippen LogP) is 1.91. The topological polar surface area (TPSA) is 49.3 Å². The number of carbonyl (C=O) groups excluding carboxylic acids is 1. The maximum atomic E-state index is 10.7. The van der Waals surface area contributed by atoms with Gasteiger partial charge in [0, 0.05) is 4.88 Å². The SMILES string of the molecule is CCc1ccc(SCC(=O)NO)s1. The van der Waals surface area contributed by atoms with Crippen molar-refractivity contribution < 1.29 is 10.0 Å². The number of carbonyl (C=O) groups is 1. The molecule has 1 rings (SSSR count). The zero-order chi connectivity index (χ0) is 9.68. The van der Waals surface area contributed by atoms with Gasteiger partial charge in [-0.05, 0) is 18.6 Å². The molecule has 5 heteroatoms. The van der Waals surface area contributed by atoms with E-state index in [-0.39, 0.29) is 11.7 Å². The van der Waals surface area contributed by atoms with Crippen LogP contribution in [0.3, 0.4) is 0 Å². The lowest BCUT2D eigenvalue weighted by Gasteiger charge is -1.95. The summed E-state index contributed by atoms with van der Waals surface area (Å²) in [6.07, 6.45) is 1.03. The molecule has 2 N–H and O–H groups in total. The Hall–Kier alpha value is -0.520. The summed E-state index contributed by atoms with van der Waals surface area (Å²) in [7, 11) is 0. The van der Waals surface area contributed by atoms with Crippen molar-refractivity contribution in [3.63, 3.8) is 0 Å². The molecular formula is C8H11NO2S2. The molecule has 1 heterocycles. The number of rotatable bonds is 4. The fraction of sp³-hybridized carbons (Fsp3) is 0.375. The Kier molecular flexibility index (Phi) is 4.27. The molecule has 0 fully saturated rings. The van der Waals surface area contributed by atoms with Crippen LogP contribution in [-0.4, -0.2) is 16.9 Å². The molecule has 13 heavy (non-hydrogen) atoms. The Morgan fingerprint density at radius 2 is 2.46 bits per heavy atom. The van der Waals surface area contributed by atoms with Crippen LogP contribution in [0.2, 0.25) is 0 Å². The van der Waals surface area contributed by atoms with Crippen LogP contribution in [0.1, 0.15) is 11.8 Å². The minimum Gasteiger partial charge on any atom is -0.289 e. The highest BCUT2D eigenvalue weighted by Gasteiger charge is 2.03. The summed E-state index contributed by atoms with van der Waals surface area (Å²) in [6, 6.07) is 4.06. The van der Waals surface area contributed by atoms with Crippen molar-refractivity contribution in [1.29, 1.82) is 0 Å². The molecule has 0 aliphatic heterocycles. The standard InChI is InChI=1S/C8H11NO2S2/c1-2-6-3-4-8(13-6)12-5-7(10)9-11/h3-4,11H,2,5H2,1H3,(H,9,10). The fourth-order valence-corrected chi connectivity index (χ4v) is 2.71. The molecule has 0 unspecified atom stereocenters. The minimum absolute atomic E-state index is 0.264. The van der Waals surface area contributed by atoms with E-state index in [9.17, 15) is 4.79 Å². The average molecular weight is 217 g/mol. The largest absolute Gasteiger partial charge is 0.289 e. The number of thioether (sulfide) groups is 1. The van der Waals surface area contributed by atoms with Crippen molar-refractivity contribution >= 4 is 29.0 Å². The minimum atomic E-state index is -0.364. The van der Waals surface area contributed by atoms with Crippen LogP contribution >= 0.6 is 23.1 Å². The Morgan fingerprint density at radius 1 is 1.69 bits per heavy atom. The first kappa shape index (κ1) is 10.6. The summed E-state index contributed by atoms with van der Waals surface area (Å²) in [5.41, 5.74) is 1.60. The maximum Gasteiger partial charge on any atom is 0.253 e. The zero-order valence-electron chi connectivity index (χ0n) is 7.24. The van der Waals surface area contributed by atoms with Crippen LogP contribution < -0.4 is 5.48 Å². The third-order valence-electron chi connectivity index (χ3n) is 1.46. The molecule has 72 valence electrons. The number of nitrogens with one attached hydrogen (secondary N) is 1. The highest BCUT2D eigenvalue weighted by atomic mass is 32.2. The van der Waals surface area contributed by atoms with Crippen LogP contribution in [0, 0.1) is 0 Å². The van der Waals surface area contributed by atoms with Gasteiger partial charge in [-0.3, -0.25) is 10.0 Å². The lowest BCUT2D eigenvalue weighted by atomic mass is 10.4. The second-order valence-electron chi connectivity index (χ2n) is 2.40. The number of amides is 1. The molecule has 1 aromatic heterocycles. The molecule has 0 aromatic carbocycles. The van der Waals surface area contributed by atoms with E-state index in [1.165, 1.54) is 16.6 Å². The van der Waals surface area contributed by atoms with E-state index in [0.717, 1.165) is 10.6 Å². The van der Waals surface area contributed by atoms with E-state index in [4.69, 9.17) is 5.21 Å². The number of hydrogen-bond acceptors (Lipinski definition) is 4. The molecule has 0 aliphatic carbocycles. The number of hydrogen-bond donors (Lipinski definition) is 2. The van der Waals surface area contributed by atoms with Gasteiger partial charge in [0.2, 0.25) is 0 Å². The molecule has 1 amide bonds. The Labute approximate surface area is 85.1 Å². The monoisotopic (exact) mass is 217 g/mol. The molecule has 3 nitrogen and oxygen atoms in total. The molecule has 0 spiro atoms. The highest BCUT2D eigenvalue weighted by Crippen LogP contribution is 2.27. The van der Waals surface area contributed by atoms with Crippen LogP contribution in [0.4, 0.5) is 0 Å². The first-order valence-electron chi connectivity index (χ1n) is 3.90. The lowest BCUT2D eigenvalue weighted by Crippen LogP contribution is -2.20. The van der Waals surface area contributed by atoms with E-state index in [1.54, 1.807) is 16.8 Å². The van der Waals surface area contributed by atoms with Crippen molar-refractivity contribution in [2.24, 2.45) is 0 Å². The molecule has 0 aliphatic rings. The molecular weight excluding hydrogens is 206 g/mol. The Balaban J connectivity index is 2.41. The normalized spacial score (nSPS) is 10.0. The fourth-order valence-electron chi connectivity index (χ4n) is 0.795. The summed E-state index contributed by atoms with van der Waals surface area (Å²) in [6.45, 7) is 2.10. The third-order valence-corrected chi connectivity index (χ3v) is 3.91. The summed E-state index contributed by atoms with van der Waals surface area (Å²) < 4.78 is 1.11. The van der Waals surface area contributed by atoms with Crippen LogP contribution in [0.5, 0.6) is 0 Å². The average Bonchev–Trinajstić information content (AvgIpc) is 2.61. The molecule has 0 saturated carbocycles.